The molecule has 0 radical (unpaired) electrons. The summed E-state index contributed by atoms with van der Waals surface area (Å²) in [6.07, 6.45) is 2.59. The fraction of sp³-hybridized carbons (Fsp3) is 0.458. The van der Waals surface area contributed by atoms with Gasteiger partial charge >= 0.3 is 7.05 Å². The normalized spacial score (nSPS) is 18.1. The number of anilines is 1. The predicted molar refractivity (Wildman–Crippen MR) is 133 cm³/mol. The van der Waals surface area contributed by atoms with E-state index in [4.69, 9.17) is 4.74 Å². The maximum atomic E-state index is 13.3. The Kier molecular flexibility index (Phi) is 7.32. The number of hydrogen-bond acceptors (Lipinski definition) is 6. The number of hydrogen-bond donors (Lipinski definition) is 2. The van der Waals surface area contributed by atoms with E-state index in [1.807, 2.05) is 54.6 Å². The van der Waals surface area contributed by atoms with E-state index in [-0.39, 0.29) is 17.9 Å². The van der Waals surface area contributed by atoms with Gasteiger partial charge in [-0.25, -0.2) is 8.42 Å². The number of ether oxygens (including phenoxy) is 1. The van der Waals surface area contributed by atoms with Gasteiger partial charge in [0.25, 0.3) is 0 Å². The van der Waals surface area contributed by atoms with Crippen LogP contribution in [0, 0.1) is 0 Å². The molecule has 1 spiro atoms. The first-order valence-electron chi connectivity index (χ1n) is 11.6. The van der Waals surface area contributed by atoms with Crippen molar-refractivity contribution in [2.24, 2.45) is 0 Å². The van der Waals surface area contributed by atoms with Crippen LogP contribution in [0.25, 0.3) is 0 Å². The molecule has 34 heavy (non-hydrogen) atoms. The van der Waals surface area contributed by atoms with Crippen molar-refractivity contribution >= 4 is 28.7 Å². The molecule has 0 bridgehead atoms. The van der Waals surface area contributed by atoms with E-state index >= 15 is 0 Å². The molecule has 1 atom stereocenters. The molecule has 2 N–H and O–H groups in total. The van der Waals surface area contributed by atoms with E-state index in [1.165, 1.54) is 10.6 Å². The third-order valence-corrected chi connectivity index (χ3v) is 7.89. The Balaban J connectivity index is 1.42. The lowest BCUT2D eigenvalue weighted by Gasteiger charge is -2.41. The Morgan fingerprint density at radius 3 is 2.44 bits per heavy atom. The highest BCUT2D eigenvalue weighted by Crippen LogP contribution is 2.47. The average molecular weight is 485 g/mol. The van der Waals surface area contributed by atoms with Gasteiger partial charge in [0.05, 0.1) is 25.2 Å². The van der Waals surface area contributed by atoms with Crippen LogP contribution in [0.5, 0.6) is 0 Å². The van der Waals surface area contributed by atoms with Gasteiger partial charge in [-0.05, 0) is 36.9 Å². The lowest BCUT2D eigenvalue weighted by Crippen LogP contribution is -2.56. The standard InChI is InChI=1S/C24H32BN3O5S/c1-25(30)26-21(17-33-16-19-8-4-3-5-9-19)23(29)27-14-12-24(13-15-27)18-28(34(2,31)32)22-11-7-6-10-20(22)24/h3-11,21,26,30H,12-18H2,1-2H3. The quantitative estimate of drug-likeness (QED) is 0.552. The van der Waals surface area contributed by atoms with E-state index in [9.17, 15) is 18.2 Å². The summed E-state index contributed by atoms with van der Waals surface area (Å²) in [5.41, 5.74) is 2.50. The fourth-order valence-electron chi connectivity index (χ4n) is 5.03. The molecule has 1 unspecified atom stereocenters. The zero-order chi connectivity index (χ0) is 24.3. The fourth-order valence-corrected chi connectivity index (χ4v) is 6.03. The topological polar surface area (TPSA) is 99.2 Å². The summed E-state index contributed by atoms with van der Waals surface area (Å²) >= 11 is 0. The summed E-state index contributed by atoms with van der Waals surface area (Å²) in [6, 6.07) is 16.7. The number of carbonyl (C=O) groups is 1. The molecule has 2 aliphatic heterocycles. The van der Waals surface area contributed by atoms with Gasteiger partial charge in [-0.3, -0.25) is 9.10 Å². The molecule has 182 valence electrons. The molecule has 4 rings (SSSR count). The number of fused-ring (bicyclic) bond motifs is 2. The van der Waals surface area contributed by atoms with Gasteiger partial charge < -0.3 is 19.9 Å². The summed E-state index contributed by atoms with van der Waals surface area (Å²) < 4.78 is 32.1. The first-order valence-corrected chi connectivity index (χ1v) is 13.5. The van der Waals surface area contributed by atoms with Gasteiger partial charge in [-0.1, -0.05) is 48.5 Å². The van der Waals surface area contributed by atoms with E-state index in [1.54, 1.807) is 11.7 Å². The third kappa shape index (κ3) is 5.30. The summed E-state index contributed by atoms with van der Waals surface area (Å²) in [4.78, 5) is 15.1. The van der Waals surface area contributed by atoms with Gasteiger partial charge in [-0.15, -0.1) is 0 Å². The van der Waals surface area contributed by atoms with E-state index in [0.29, 0.717) is 39.1 Å². The van der Waals surface area contributed by atoms with Crippen molar-refractivity contribution < 1.29 is 23.0 Å². The molecule has 1 saturated heterocycles. The Morgan fingerprint density at radius 2 is 1.79 bits per heavy atom. The largest absolute Gasteiger partial charge is 0.437 e. The number of piperidine rings is 1. The third-order valence-electron chi connectivity index (χ3n) is 6.76. The number of amides is 1. The highest BCUT2D eigenvalue weighted by molar-refractivity contribution is 7.92. The van der Waals surface area contributed by atoms with Crippen LogP contribution in [0.3, 0.4) is 0 Å². The summed E-state index contributed by atoms with van der Waals surface area (Å²) in [7, 11) is -4.23. The Labute approximate surface area is 202 Å². The summed E-state index contributed by atoms with van der Waals surface area (Å²) in [5, 5.41) is 12.8. The van der Waals surface area contributed by atoms with Crippen LogP contribution < -0.4 is 9.53 Å². The van der Waals surface area contributed by atoms with Crippen molar-refractivity contribution in [2.45, 2.75) is 37.7 Å². The van der Waals surface area contributed by atoms with Crippen LogP contribution in [0.1, 0.15) is 24.0 Å². The molecule has 2 aromatic rings. The number of nitrogens with zero attached hydrogens (tertiary/aromatic N) is 2. The SMILES string of the molecule is CB(O)NC(COCc1ccccc1)C(=O)N1CCC2(CC1)CN(S(C)(=O)=O)c1ccccc12. The number of likely N-dealkylation sites (tertiary alicyclic amines) is 1. The number of carbonyl (C=O) groups excluding carboxylic acids is 1. The molecule has 10 heteroatoms. The minimum absolute atomic E-state index is 0.116. The molecular formula is C24H32BN3O5S. The van der Waals surface area contributed by atoms with Crippen LogP contribution in [-0.2, 0) is 31.6 Å². The van der Waals surface area contributed by atoms with Gasteiger partial charge in [0.15, 0.2) is 0 Å². The zero-order valence-electron chi connectivity index (χ0n) is 19.7. The molecule has 8 nitrogen and oxygen atoms in total. The second kappa shape index (κ2) is 10.1. The molecule has 0 aliphatic carbocycles. The number of benzene rings is 2. The van der Waals surface area contributed by atoms with Crippen molar-refractivity contribution in [3.63, 3.8) is 0 Å². The van der Waals surface area contributed by atoms with Crippen LogP contribution in [0.4, 0.5) is 5.69 Å². The highest BCUT2D eigenvalue weighted by atomic mass is 32.2. The van der Waals surface area contributed by atoms with Crippen molar-refractivity contribution in [3.8, 4) is 0 Å². The lowest BCUT2D eigenvalue weighted by atomic mass is 9.74. The molecular weight excluding hydrogens is 453 g/mol. The lowest BCUT2D eigenvalue weighted by molar-refractivity contribution is -0.136. The first-order chi connectivity index (χ1) is 16.2. The van der Waals surface area contributed by atoms with Crippen LogP contribution in [-0.4, -0.2) is 69.8 Å². The van der Waals surface area contributed by atoms with Gasteiger partial charge in [0, 0.05) is 25.0 Å². The maximum Gasteiger partial charge on any atom is 0.374 e. The Morgan fingerprint density at radius 1 is 1.15 bits per heavy atom. The average Bonchev–Trinajstić information content (AvgIpc) is 3.14. The Bertz CT molecular complexity index is 1100. The van der Waals surface area contributed by atoms with Gasteiger partial charge in [0.2, 0.25) is 15.9 Å². The number of sulfonamides is 1. The summed E-state index contributed by atoms with van der Waals surface area (Å²) in [6.45, 7) is 3.54. The van der Waals surface area contributed by atoms with E-state index in [2.05, 4.69) is 5.23 Å². The molecule has 2 aliphatic rings. The summed E-state index contributed by atoms with van der Waals surface area (Å²) in [5.74, 6) is -0.116. The van der Waals surface area contributed by atoms with Crippen LogP contribution in [0.15, 0.2) is 54.6 Å². The van der Waals surface area contributed by atoms with Gasteiger partial charge in [0.1, 0.15) is 6.04 Å². The predicted octanol–water partition coefficient (Wildman–Crippen LogP) is 1.61. The van der Waals surface area contributed by atoms with E-state index in [0.717, 1.165) is 16.8 Å². The zero-order valence-corrected chi connectivity index (χ0v) is 20.5. The Hall–Kier alpha value is -2.40. The van der Waals surface area contributed by atoms with Crippen LogP contribution >= 0.6 is 0 Å². The molecule has 2 heterocycles. The maximum absolute atomic E-state index is 13.3. The second-order valence-corrected chi connectivity index (χ2v) is 11.2. The second-order valence-electron chi connectivity index (χ2n) is 9.29. The molecule has 0 saturated carbocycles. The first kappa shape index (κ1) is 24.7. The molecule has 1 amide bonds. The molecule has 0 aromatic heterocycles. The minimum Gasteiger partial charge on any atom is -0.437 e. The monoisotopic (exact) mass is 485 g/mol. The van der Waals surface area contributed by atoms with Crippen molar-refractivity contribution in [1.29, 1.82) is 0 Å². The number of nitrogens with one attached hydrogen (secondary N) is 1. The van der Waals surface area contributed by atoms with Crippen molar-refractivity contribution in [3.05, 3.63) is 65.7 Å². The van der Waals surface area contributed by atoms with Crippen molar-refractivity contribution in [2.75, 3.05) is 36.8 Å². The van der Waals surface area contributed by atoms with Crippen LogP contribution in [0.2, 0.25) is 6.82 Å². The number of rotatable bonds is 8. The molecule has 1 fully saturated rings. The van der Waals surface area contributed by atoms with Gasteiger partial charge in [-0.2, -0.15) is 0 Å². The highest BCUT2D eigenvalue weighted by Gasteiger charge is 2.47. The van der Waals surface area contributed by atoms with Crippen molar-refractivity contribution in [1.82, 2.24) is 10.1 Å². The van der Waals surface area contributed by atoms with E-state index < -0.39 is 23.1 Å². The molecule has 2 aromatic carbocycles. The smallest absolute Gasteiger partial charge is 0.374 e. The minimum atomic E-state index is -3.38. The number of para-hydroxylation sites is 1.